The molecule has 3 aromatic carbocycles. The van der Waals surface area contributed by atoms with E-state index in [0.717, 1.165) is 11.1 Å². The molecule has 2 N–H and O–H groups in total. The molecule has 0 aliphatic carbocycles. The van der Waals surface area contributed by atoms with Gasteiger partial charge < -0.3 is 5.32 Å². The van der Waals surface area contributed by atoms with E-state index in [4.69, 9.17) is 11.6 Å². The van der Waals surface area contributed by atoms with E-state index in [2.05, 4.69) is 10.0 Å². The van der Waals surface area contributed by atoms with Gasteiger partial charge in [0.15, 0.2) is 0 Å². The summed E-state index contributed by atoms with van der Waals surface area (Å²) in [6, 6.07) is 18.0. The SMILES string of the molecule is Cc1ccc(NC(=O)c2ccc(NS(=O)(=O)c3ccccc3)c(Cl)c2)cc1C. The fraction of sp³-hybridized carbons (Fsp3) is 0.0952. The molecule has 3 rings (SSSR count). The van der Waals surface area contributed by atoms with E-state index in [9.17, 15) is 13.2 Å². The van der Waals surface area contributed by atoms with Crippen LogP contribution in [0.4, 0.5) is 11.4 Å². The average Bonchev–Trinajstić information content (AvgIpc) is 2.67. The number of anilines is 2. The Labute approximate surface area is 169 Å². The third kappa shape index (κ3) is 4.52. The molecule has 0 aliphatic rings. The first-order valence-corrected chi connectivity index (χ1v) is 10.4. The van der Waals surface area contributed by atoms with Gasteiger partial charge in [0, 0.05) is 11.3 Å². The average molecular weight is 415 g/mol. The molecule has 0 radical (unpaired) electrons. The molecular weight excluding hydrogens is 396 g/mol. The summed E-state index contributed by atoms with van der Waals surface area (Å²) >= 11 is 6.21. The van der Waals surface area contributed by atoms with E-state index in [1.165, 1.54) is 30.3 Å². The first-order valence-electron chi connectivity index (χ1n) is 8.52. The number of nitrogens with one attached hydrogen (secondary N) is 2. The van der Waals surface area contributed by atoms with Crippen LogP contribution in [0.2, 0.25) is 5.02 Å². The van der Waals surface area contributed by atoms with Gasteiger partial charge in [-0.1, -0.05) is 35.9 Å². The summed E-state index contributed by atoms with van der Waals surface area (Å²) in [4.78, 5) is 12.6. The highest BCUT2D eigenvalue weighted by atomic mass is 35.5. The first kappa shape index (κ1) is 19.9. The Morgan fingerprint density at radius 1 is 0.893 bits per heavy atom. The van der Waals surface area contributed by atoms with Crippen LogP contribution in [-0.4, -0.2) is 14.3 Å². The van der Waals surface area contributed by atoms with Crippen LogP contribution in [0.3, 0.4) is 0 Å². The Morgan fingerprint density at radius 3 is 2.25 bits per heavy atom. The molecular formula is C21H19ClN2O3S. The van der Waals surface area contributed by atoms with Crippen LogP contribution in [0.15, 0.2) is 71.6 Å². The standard InChI is InChI=1S/C21H19ClN2O3S/c1-14-8-10-17(12-15(14)2)23-21(25)16-9-11-20(19(22)13-16)24-28(26,27)18-6-4-3-5-7-18/h3-13,24H,1-2H3,(H,23,25). The zero-order chi connectivity index (χ0) is 20.3. The number of carbonyl (C=O) groups is 1. The summed E-state index contributed by atoms with van der Waals surface area (Å²) in [5.74, 6) is -0.331. The maximum absolute atomic E-state index is 12.5. The van der Waals surface area contributed by atoms with Gasteiger partial charge in [0.05, 0.1) is 15.6 Å². The highest BCUT2D eigenvalue weighted by Gasteiger charge is 2.16. The van der Waals surface area contributed by atoms with Crippen LogP contribution in [0.25, 0.3) is 0 Å². The van der Waals surface area contributed by atoms with E-state index in [-0.39, 0.29) is 21.5 Å². The van der Waals surface area contributed by atoms with Crippen LogP contribution < -0.4 is 10.0 Å². The van der Waals surface area contributed by atoms with Crippen molar-refractivity contribution < 1.29 is 13.2 Å². The van der Waals surface area contributed by atoms with Crippen molar-refractivity contribution in [3.63, 3.8) is 0 Å². The van der Waals surface area contributed by atoms with Crippen molar-refractivity contribution >= 4 is 38.9 Å². The third-order valence-corrected chi connectivity index (χ3v) is 5.99. The van der Waals surface area contributed by atoms with E-state index >= 15 is 0 Å². The van der Waals surface area contributed by atoms with E-state index in [1.807, 2.05) is 32.0 Å². The van der Waals surface area contributed by atoms with Crippen LogP contribution >= 0.6 is 11.6 Å². The maximum atomic E-state index is 12.5. The molecule has 144 valence electrons. The van der Waals surface area contributed by atoms with Crippen LogP contribution in [0, 0.1) is 13.8 Å². The van der Waals surface area contributed by atoms with Crippen molar-refractivity contribution in [3.8, 4) is 0 Å². The Balaban J connectivity index is 1.78. The normalized spacial score (nSPS) is 11.1. The maximum Gasteiger partial charge on any atom is 0.261 e. The Kier molecular flexibility index (Phi) is 5.72. The molecule has 0 spiro atoms. The lowest BCUT2D eigenvalue weighted by Crippen LogP contribution is -2.15. The van der Waals surface area contributed by atoms with Gasteiger partial charge in [0.25, 0.3) is 15.9 Å². The lowest BCUT2D eigenvalue weighted by Gasteiger charge is -2.12. The monoisotopic (exact) mass is 414 g/mol. The Bertz CT molecular complexity index is 1130. The van der Waals surface area contributed by atoms with Gasteiger partial charge in [-0.05, 0) is 67.4 Å². The zero-order valence-electron chi connectivity index (χ0n) is 15.4. The molecule has 0 fully saturated rings. The van der Waals surface area contributed by atoms with E-state index < -0.39 is 10.0 Å². The highest BCUT2D eigenvalue weighted by Crippen LogP contribution is 2.26. The zero-order valence-corrected chi connectivity index (χ0v) is 16.9. The van der Waals surface area contributed by atoms with Crippen molar-refractivity contribution in [3.05, 3.63) is 88.4 Å². The predicted molar refractivity (Wildman–Crippen MR) is 113 cm³/mol. The number of hydrogen-bond donors (Lipinski definition) is 2. The predicted octanol–water partition coefficient (Wildman–Crippen LogP) is 5.01. The molecule has 0 aromatic heterocycles. The molecule has 0 heterocycles. The van der Waals surface area contributed by atoms with Gasteiger partial charge in [0.2, 0.25) is 0 Å². The molecule has 1 amide bonds. The van der Waals surface area contributed by atoms with Crippen LogP contribution in [0.5, 0.6) is 0 Å². The second-order valence-electron chi connectivity index (χ2n) is 6.37. The van der Waals surface area contributed by atoms with Gasteiger partial charge in [-0.15, -0.1) is 0 Å². The van der Waals surface area contributed by atoms with Crippen LogP contribution in [-0.2, 0) is 10.0 Å². The van der Waals surface area contributed by atoms with E-state index in [1.54, 1.807) is 18.2 Å². The fourth-order valence-electron chi connectivity index (χ4n) is 2.56. The summed E-state index contributed by atoms with van der Waals surface area (Å²) in [5.41, 5.74) is 3.41. The molecule has 0 bridgehead atoms. The minimum absolute atomic E-state index is 0.127. The summed E-state index contributed by atoms with van der Waals surface area (Å²) in [7, 11) is -3.76. The molecule has 0 saturated heterocycles. The van der Waals surface area contributed by atoms with Gasteiger partial charge >= 0.3 is 0 Å². The van der Waals surface area contributed by atoms with Crippen molar-refractivity contribution in [2.45, 2.75) is 18.7 Å². The third-order valence-electron chi connectivity index (χ3n) is 4.29. The number of halogens is 1. The van der Waals surface area contributed by atoms with Crippen molar-refractivity contribution in [2.75, 3.05) is 10.0 Å². The molecule has 5 nitrogen and oxygen atoms in total. The largest absolute Gasteiger partial charge is 0.322 e. The molecule has 28 heavy (non-hydrogen) atoms. The summed E-state index contributed by atoms with van der Waals surface area (Å²) < 4.78 is 27.3. The van der Waals surface area contributed by atoms with Gasteiger partial charge in [-0.3, -0.25) is 9.52 Å². The highest BCUT2D eigenvalue weighted by molar-refractivity contribution is 7.92. The number of benzene rings is 3. The number of aryl methyl sites for hydroxylation is 2. The topological polar surface area (TPSA) is 75.3 Å². The molecule has 0 atom stereocenters. The quantitative estimate of drug-likeness (QED) is 0.616. The van der Waals surface area contributed by atoms with Crippen molar-refractivity contribution in [2.24, 2.45) is 0 Å². The lowest BCUT2D eigenvalue weighted by atomic mass is 10.1. The lowest BCUT2D eigenvalue weighted by molar-refractivity contribution is 0.102. The second-order valence-corrected chi connectivity index (χ2v) is 8.46. The van der Waals surface area contributed by atoms with Gasteiger partial charge in [-0.2, -0.15) is 0 Å². The number of rotatable bonds is 5. The smallest absolute Gasteiger partial charge is 0.261 e. The first-order chi connectivity index (χ1) is 13.3. The number of carbonyl (C=O) groups excluding carboxylic acids is 1. The summed E-state index contributed by atoms with van der Waals surface area (Å²) in [6.07, 6.45) is 0. The number of sulfonamides is 1. The van der Waals surface area contributed by atoms with Gasteiger partial charge in [-0.25, -0.2) is 8.42 Å². The minimum atomic E-state index is -3.76. The number of amides is 1. The molecule has 3 aromatic rings. The summed E-state index contributed by atoms with van der Waals surface area (Å²) in [6.45, 7) is 3.96. The second kappa shape index (κ2) is 8.04. The Morgan fingerprint density at radius 2 is 1.61 bits per heavy atom. The molecule has 0 aliphatic heterocycles. The molecule has 0 saturated carbocycles. The Hall–Kier alpha value is -2.83. The fourth-order valence-corrected chi connectivity index (χ4v) is 3.95. The molecule has 0 unspecified atom stereocenters. The molecule has 7 heteroatoms. The van der Waals surface area contributed by atoms with E-state index in [0.29, 0.717) is 11.3 Å². The summed E-state index contributed by atoms with van der Waals surface area (Å²) in [5, 5.41) is 2.94. The van der Waals surface area contributed by atoms with Gasteiger partial charge in [0.1, 0.15) is 0 Å². The number of hydrogen-bond acceptors (Lipinski definition) is 3. The minimum Gasteiger partial charge on any atom is -0.322 e. The van der Waals surface area contributed by atoms with Crippen LogP contribution in [0.1, 0.15) is 21.5 Å². The van der Waals surface area contributed by atoms with Crippen molar-refractivity contribution in [1.82, 2.24) is 0 Å². The van der Waals surface area contributed by atoms with Crippen molar-refractivity contribution in [1.29, 1.82) is 0 Å².